The Morgan fingerprint density at radius 3 is 2.69 bits per heavy atom. The van der Waals surface area contributed by atoms with Gasteiger partial charge in [0.1, 0.15) is 11.6 Å². The molecule has 1 aliphatic carbocycles. The Labute approximate surface area is 166 Å². The van der Waals surface area contributed by atoms with Gasteiger partial charge in [-0.15, -0.1) is 0 Å². The molecule has 1 amide bonds. The lowest BCUT2D eigenvalue weighted by molar-refractivity contribution is 0.0729. The van der Waals surface area contributed by atoms with E-state index in [9.17, 15) is 4.79 Å². The summed E-state index contributed by atoms with van der Waals surface area (Å²) in [6.07, 6.45) is 5.32. The number of rotatable bonds is 4. The Hall–Kier alpha value is -3.87. The van der Waals surface area contributed by atoms with Crippen molar-refractivity contribution >= 4 is 11.5 Å². The largest absolute Gasteiger partial charge is 0.458 e. The van der Waals surface area contributed by atoms with Crippen LogP contribution in [-0.4, -0.2) is 27.7 Å². The van der Waals surface area contributed by atoms with Crippen molar-refractivity contribution < 1.29 is 14.3 Å². The second-order valence-electron chi connectivity index (χ2n) is 6.83. The fourth-order valence-corrected chi connectivity index (χ4v) is 3.53. The normalized spacial score (nSPS) is 15.4. The monoisotopic (exact) mass is 386 g/mol. The quantitative estimate of drug-likeness (QED) is 0.713. The van der Waals surface area contributed by atoms with Crippen molar-refractivity contribution in [2.24, 2.45) is 5.73 Å². The van der Waals surface area contributed by atoms with E-state index in [1.807, 2.05) is 36.4 Å². The number of imidazole rings is 1. The molecule has 0 bridgehead atoms. The Kier molecular flexibility index (Phi) is 4.13. The molecular formula is C22H18N4O3. The van der Waals surface area contributed by atoms with Gasteiger partial charge in [0.05, 0.1) is 17.1 Å². The van der Waals surface area contributed by atoms with Crippen molar-refractivity contribution in [3.05, 3.63) is 77.5 Å². The van der Waals surface area contributed by atoms with E-state index in [1.54, 1.807) is 18.3 Å². The van der Waals surface area contributed by atoms with Gasteiger partial charge in [0, 0.05) is 23.7 Å². The number of primary amides is 1. The minimum Gasteiger partial charge on any atom is -0.458 e. The lowest BCUT2D eigenvalue weighted by atomic mass is 9.98. The Bertz CT molecular complexity index is 1140. The van der Waals surface area contributed by atoms with E-state index < -0.39 is 5.91 Å². The second kappa shape index (κ2) is 6.94. The topological polar surface area (TPSA) is 103 Å². The molecule has 5 rings (SSSR count). The first kappa shape index (κ1) is 17.2. The van der Waals surface area contributed by atoms with Gasteiger partial charge in [0.15, 0.2) is 5.76 Å². The van der Waals surface area contributed by atoms with Crippen LogP contribution in [0.15, 0.2) is 66.3 Å². The number of carbonyl (C=O) groups excluding carboxylic acids is 1. The molecule has 7 nitrogen and oxygen atoms in total. The van der Waals surface area contributed by atoms with Crippen molar-refractivity contribution in [1.29, 1.82) is 0 Å². The number of H-pyrrole nitrogens is 1. The van der Waals surface area contributed by atoms with Crippen LogP contribution in [0.25, 0.3) is 28.3 Å². The van der Waals surface area contributed by atoms with Crippen LogP contribution in [0.3, 0.4) is 0 Å². The predicted molar refractivity (Wildman–Crippen MR) is 107 cm³/mol. The highest BCUT2D eigenvalue weighted by molar-refractivity contribution is 5.93. The Balaban J connectivity index is 1.61. The number of hydrogen-bond donors (Lipinski definition) is 2. The molecule has 1 aliphatic heterocycles. The maximum absolute atomic E-state index is 11.3. The van der Waals surface area contributed by atoms with Crippen molar-refractivity contribution in [2.75, 3.05) is 6.79 Å². The SMILES string of the molecule is NC(=O)c1ccc(-c2nc(C3=CC4=C(CC3)OCO4)c(-c3ccccn3)[nH]2)cc1. The molecular weight excluding hydrogens is 368 g/mol. The van der Waals surface area contributed by atoms with Crippen LogP contribution in [0.1, 0.15) is 28.9 Å². The number of amides is 1. The van der Waals surface area contributed by atoms with Crippen LogP contribution < -0.4 is 5.73 Å². The van der Waals surface area contributed by atoms with E-state index >= 15 is 0 Å². The molecule has 1 aromatic carbocycles. The van der Waals surface area contributed by atoms with Gasteiger partial charge in [-0.3, -0.25) is 9.78 Å². The summed E-state index contributed by atoms with van der Waals surface area (Å²) in [5.41, 5.74) is 10.2. The second-order valence-corrected chi connectivity index (χ2v) is 6.83. The van der Waals surface area contributed by atoms with E-state index in [2.05, 4.69) is 9.97 Å². The van der Waals surface area contributed by atoms with Gasteiger partial charge in [-0.2, -0.15) is 0 Å². The summed E-state index contributed by atoms with van der Waals surface area (Å²) in [7, 11) is 0. The van der Waals surface area contributed by atoms with Gasteiger partial charge in [-0.05, 0) is 42.3 Å². The minimum atomic E-state index is -0.457. The van der Waals surface area contributed by atoms with Crippen LogP contribution in [0.5, 0.6) is 0 Å². The fraction of sp³-hybridized carbons (Fsp3) is 0.136. The number of allylic oxidation sites excluding steroid dienone is 3. The summed E-state index contributed by atoms with van der Waals surface area (Å²) in [5.74, 6) is 1.90. The highest BCUT2D eigenvalue weighted by Crippen LogP contribution is 2.38. The third-order valence-corrected chi connectivity index (χ3v) is 5.02. The van der Waals surface area contributed by atoms with Crippen LogP contribution in [0, 0.1) is 0 Å². The molecule has 0 unspecified atom stereocenters. The summed E-state index contributed by atoms with van der Waals surface area (Å²) in [6, 6.07) is 12.8. The average molecular weight is 386 g/mol. The number of ether oxygens (including phenoxy) is 2. The number of carbonyl (C=O) groups is 1. The maximum atomic E-state index is 11.3. The van der Waals surface area contributed by atoms with E-state index in [0.29, 0.717) is 11.4 Å². The van der Waals surface area contributed by atoms with E-state index in [-0.39, 0.29) is 6.79 Å². The number of aromatic amines is 1. The highest BCUT2D eigenvalue weighted by atomic mass is 16.7. The molecule has 2 aromatic heterocycles. The maximum Gasteiger partial charge on any atom is 0.248 e. The summed E-state index contributed by atoms with van der Waals surface area (Å²) in [6.45, 7) is 0.263. The summed E-state index contributed by atoms with van der Waals surface area (Å²) in [4.78, 5) is 24.1. The van der Waals surface area contributed by atoms with Gasteiger partial charge in [-0.1, -0.05) is 18.2 Å². The summed E-state index contributed by atoms with van der Waals surface area (Å²) >= 11 is 0. The van der Waals surface area contributed by atoms with Crippen LogP contribution in [0.2, 0.25) is 0 Å². The molecule has 2 aliphatic rings. The molecule has 7 heteroatoms. The predicted octanol–water partition coefficient (Wildman–Crippen LogP) is 3.63. The van der Waals surface area contributed by atoms with E-state index in [0.717, 1.165) is 52.6 Å². The number of aromatic nitrogens is 3. The molecule has 0 spiro atoms. The molecule has 3 N–H and O–H groups in total. The first-order chi connectivity index (χ1) is 14.2. The van der Waals surface area contributed by atoms with Crippen molar-refractivity contribution in [1.82, 2.24) is 15.0 Å². The molecule has 0 saturated heterocycles. The number of nitrogens with one attached hydrogen (secondary N) is 1. The van der Waals surface area contributed by atoms with Gasteiger partial charge in [-0.25, -0.2) is 4.98 Å². The lowest BCUT2D eigenvalue weighted by Gasteiger charge is -2.12. The Morgan fingerprint density at radius 2 is 1.93 bits per heavy atom. The fourth-order valence-electron chi connectivity index (χ4n) is 3.53. The number of nitrogens with zero attached hydrogens (tertiary/aromatic N) is 2. The molecule has 3 heterocycles. The number of hydrogen-bond acceptors (Lipinski definition) is 5. The molecule has 0 fully saturated rings. The summed E-state index contributed by atoms with van der Waals surface area (Å²) < 4.78 is 11.1. The van der Waals surface area contributed by atoms with Gasteiger partial charge >= 0.3 is 0 Å². The van der Waals surface area contributed by atoms with E-state index in [4.69, 9.17) is 20.2 Å². The minimum absolute atomic E-state index is 0.263. The average Bonchev–Trinajstić information content (AvgIpc) is 3.41. The highest BCUT2D eigenvalue weighted by Gasteiger charge is 2.25. The van der Waals surface area contributed by atoms with Crippen LogP contribution >= 0.6 is 0 Å². The third-order valence-electron chi connectivity index (χ3n) is 5.02. The smallest absolute Gasteiger partial charge is 0.248 e. The Morgan fingerprint density at radius 1 is 1.07 bits per heavy atom. The third kappa shape index (κ3) is 3.16. The standard InChI is InChI=1S/C22H18N4O3/c23-21(27)13-4-6-14(7-5-13)22-25-19(20(26-22)16-3-1-2-10-24-16)15-8-9-17-18(11-15)29-12-28-17/h1-7,10-11H,8-9,12H2,(H2,23,27)(H,25,26). The zero-order chi connectivity index (χ0) is 19.8. The zero-order valence-electron chi connectivity index (χ0n) is 15.5. The number of pyridine rings is 1. The van der Waals surface area contributed by atoms with Crippen LogP contribution in [-0.2, 0) is 9.47 Å². The molecule has 3 aromatic rings. The lowest BCUT2D eigenvalue weighted by Crippen LogP contribution is -2.10. The molecule has 0 radical (unpaired) electrons. The van der Waals surface area contributed by atoms with Crippen molar-refractivity contribution in [3.8, 4) is 22.8 Å². The van der Waals surface area contributed by atoms with Crippen molar-refractivity contribution in [2.45, 2.75) is 12.8 Å². The molecule has 0 atom stereocenters. The number of nitrogens with two attached hydrogens (primary N) is 1. The van der Waals surface area contributed by atoms with Gasteiger partial charge < -0.3 is 20.2 Å². The molecule has 0 saturated carbocycles. The molecule has 144 valence electrons. The first-order valence-electron chi connectivity index (χ1n) is 9.30. The number of benzene rings is 1. The molecule has 29 heavy (non-hydrogen) atoms. The van der Waals surface area contributed by atoms with Crippen molar-refractivity contribution in [3.63, 3.8) is 0 Å². The van der Waals surface area contributed by atoms with Gasteiger partial charge in [0.25, 0.3) is 0 Å². The zero-order valence-corrected chi connectivity index (χ0v) is 15.5. The first-order valence-corrected chi connectivity index (χ1v) is 9.30. The van der Waals surface area contributed by atoms with E-state index in [1.165, 1.54) is 0 Å². The summed E-state index contributed by atoms with van der Waals surface area (Å²) in [5, 5.41) is 0. The van der Waals surface area contributed by atoms with Gasteiger partial charge in [0.2, 0.25) is 12.7 Å². The van der Waals surface area contributed by atoms with Crippen LogP contribution in [0.4, 0.5) is 0 Å².